The molecule has 0 atom stereocenters. The average Bonchev–Trinajstić information content (AvgIpc) is 2.64. The Kier molecular flexibility index (Phi) is 5.59. The maximum Gasteiger partial charge on any atom is 0.274 e. The molecule has 0 spiro atoms. The molecule has 26 heavy (non-hydrogen) atoms. The van der Waals surface area contributed by atoms with Gasteiger partial charge in [0, 0.05) is 18.3 Å². The summed E-state index contributed by atoms with van der Waals surface area (Å²) in [5, 5.41) is 6.18. The van der Waals surface area contributed by atoms with Gasteiger partial charge in [-0.1, -0.05) is 48.5 Å². The number of aromatic nitrogens is 2. The minimum Gasteiger partial charge on any atom is -0.370 e. The summed E-state index contributed by atoms with van der Waals surface area (Å²) in [6, 6.07) is 19.6. The van der Waals surface area contributed by atoms with Crippen LogP contribution in [-0.4, -0.2) is 22.4 Å². The molecule has 0 aliphatic carbocycles. The zero-order valence-electron chi connectivity index (χ0n) is 15.0. The standard InChI is InChI=1S/C21H22N4O/c1-15-8-6-7-11-18(15)25-21(26)19-14-20(24-16(2)23-19)22-13-12-17-9-4-3-5-10-17/h3-11,14H,12-13H2,1-2H3,(H,25,26)(H,22,23,24). The Hall–Kier alpha value is -3.21. The third-order valence-corrected chi connectivity index (χ3v) is 4.03. The van der Waals surface area contributed by atoms with Crippen molar-refractivity contribution in [3.63, 3.8) is 0 Å². The van der Waals surface area contributed by atoms with E-state index in [1.807, 2.05) is 49.4 Å². The molecule has 0 bridgehead atoms. The zero-order chi connectivity index (χ0) is 18.4. The normalized spacial score (nSPS) is 10.4. The Morgan fingerprint density at radius 3 is 2.46 bits per heavy atom. The van der Waals surface area contributed by atoms with E-state index in [1.165, 1.54) is 5.56 Å². The number of nitrogens with zero attached hydrogens (tertiary/aromatic N) is 2. The quantitative estimate of drug-likeness (QED) is 0.708. The van der Waals surface area contributed by atoms with E-state index >= 15 is 0 Å². The second-order valence-electron chi connectivity index (χ2n) is 6.12. The van der Waals surface area contributed by atoms with E-state index in [-0.39, 0.29) is 5.91 Å². The summed E-state index contributed by atoms with van der Waals surface area (Å²) in [5.41, 5.74) is 3.39. The first-order valence-electron chi connectivity index (χ1n) is 8.62. The van der Waals surface area contributed by atoms with Crippen LogP contribution in [0.4, 0.5) is 11.5 Å². The monoisotopic (exact) mass is 346 g/mol. The van der Waals surface area contributed by atoms with Crippen molar-refractivity contribution in [1.82, 2.24) is 9.97 Å². The van der Waals surface area contributed by atoms with Crippen LogP contribution in [-0.2, 0) is 6.42 Å². The van der Waals surface area contributed by atoms with Crippen molar-refractivity contribution in [2.24, 2.45) is 0 Å². The van der Waals surface area contributed by atoms with Crippen LogP contribution in [0.1, 0.15) is 27.4 Å². The highest BCUT2D eigenvalue weighted by atomic mass is 16.1. The number of nitrogens with one attached hydrogen (secondary N) is 2. The van der Waals surface area contributed by atoms with Crippen LogP contribution in [0.2, 0.25) is 0 Å². The molecule has 1 amide bonds. The number of rotatable bonds is 6. The molecule has 0 saturated heterocycles. The van der Waals surface area contributed by atoms with E-state index in [1.54, 1.807) is 13.0 Å². The van der Waals surface area contributed by atoms with Crippen molar-refractivity contribution in [3.8, 4) is 0 Å². The fourth-order valence-electron chi connectivity index (χ4n) is 2.65. The predicted molar refractivity (Wildman–Crippen MR) is 105 cm³/mol. The molecule has 2 aromatic carbocycles. The van der Waals surface area contributed by atoms with Crippen LogP contribution in [0, 0.1) is 13.8 Å². The van der Waals surface area contributed by atoms with Crippen molar-refractivity contribution in [3.05, 3.63) is 83.3 Å². The molecular formula is C21H22N4O. The number of carbonyl (C=O) groups is 1. The van der Waals surface area contributed by atoms with Gasteiger partial charge in [0.1, 0.15) is 17.3 Å². The second kappa shape index (κ2) is 8.25. The first-order valence-corrected chi connectivity index (χ1v) is 8.62. The topological polar surface area (TPSA) is 66.9 Å². The molecule has 5 nitrogen and oxygen atoms in total. The molecular weight excluding hydrogens is 324 g/mol. The smallest absolute Gasteiger partial charge is 0.274 e. The molecule has 0 aliphatic rings. The van der Waals surface area contributed by atoms with Crippen molar-refractivity contribution in [2.45, 2.75) is 20.3 Å². The van der Waals surface area contributed by atoms with Crippen molar-refractivity contribution >= 4 is 17.4 Å². The van der Waals surface area contributed by atoms with Gasteiger partial charge in [-0.25, -0.2) is 9.97 Å². The van der Waals surface area contributed by atoms with Crippen LogP contribution in [0.15, 0.2) is 60.7 Å². The molecule has 0 radical (unpaired) electrons. The maximum absolute atomic E-state index is 12.5. The van der Waals surface area contributed by atoms with Gasteiger partial charge < -0.3 is 10.6 Å². The summed E-state index contributed by atoms with van der Waals surface area (Å²) in [4.78, 5) is 21.2. The lowest BCUT2D eigenvalue weighted by Crippen LogP contribution is -2.16. The van der Waals surface area contributed by atoms with E-state index in [0.717, 1.165) is 24.2 Å². The first-order chi connectivity index (χ1) is 12.6. The molecule has 0 fully saturated rings. The predicted octanol–water partition coefficient (Wildman–Crippen LogP) is 4.00. The highest BCUT2D eigenvalue weighted by Crippen LogP contribution is 2.15. The van der Waals surface area contributed by atoms with Crippen LogP contribution in [0.3, 0.4) is 0 Å². The molecule has 132 valence electrons. The summed E-state index contributed by atoms with van der Waals surface area (Å²) < 4.78 is 0. The maximum atomic E-state index is 12.5. The van der Waals surface area contributed by atoms with Gasteiger partial charge in [-0.2, -0.15) is 0 Å². The van der Waals surface area contributed by atoms with E-state index in [0.29, 0.717) is 17.3 Å². The molecule has 0 aliphatic heterocycles. The van der Waals surface area contributed by atoms with Gasteiger partial charge in [0.2, 0.25) is 0 Å². The molecule has 3 rings (SSSR count). The van der Waals surface area contributed by atoms with Crippen molar-refractivity contribution in [1.29, 1.82) is 0 Å². The van der Waals surface area contributed by atoms with Crippen molar-refractivity contribution in [2.75, 3.05) is 17.2 Å². The van der Waals surface area contributed by atoms with Gasteiger partial charge in [0.15, 0.2) is 0 Å². The lowest BCUT2D eigenvalue weighted by molar-refractivity contribution is 0.102. The van der Waals surface area contributed by atoms with Gasteiger partial charge >= 0.3 is 0 Å². The number of para-hydroxylation sites is 1. The summed E-state index contributed by atoms with van der Waals surface area (Å²) in [6.45, 7) is 4.48. The Labute approximate surface area is 153 Å². The summed E-state index contributed by atoms with van der Waals surface area (Å²) in [6.07, 6.45) is 0.884. The van der Waals surface area contributed by atoms with E-state index < -0.39 is 0 Å². The van der Waals surface area contributed by atoms with Crippen molar-refractivity contribution < 1.29 is 4.79 Å². The molecule has 5 heteroatoms. The van der Waals surface area contributed by atoms with E-state index in [2.05, 4.69) is 32.7 Å². The van der Waals surface area contributed by atoms with Gasteiger partial charge in [-0.15, -0.1) is 0 Å². The molecule has 0 unspecified atom stereocenters. The highest BCUT2D eigenvalue weighted by molar-refractivity contribution is 6.03. The number of anilines is 2. The molecule has 1 aromatic heterocycles. The highest BCUT2D eigenvalue weighted by Gasteiger charge is 2.11. The zero-order valence-corrected chi connectivity index (χ0v) is 15.0. The fourth-order valence-corrected chi connectivity index (χ4v) is 2.65. The Morgan fingerprint density at radius 2 is 1.69 bits per heavy atom. The van der Waals surface area contributed by atoms with E-state index in [9.17, 15) is 4.79 Å². The van der Waals surface area contributed by atoms with Crippen LogP contribution in [0.25, 0.3) is 0 Å². The van der Waals surface area contributed by atoms with Crippen LogP contribution < -0.4 is 10.6 Å². The Morgan fingerprint density at radius 1 is 0.962 bits per heavy atom. The lowest BCUT2D eigenvalue weighted by atomic mass is 10.1. The first kappa shape index (κ1) is 17.6. The van der Waals surface area contributed by atoms with Crippen LogP contribution >= 0.6 is 0 Å². The molecule has 3 aromatic rings. The van der Waals surface area contributed by atoms with Gasteiger partial charge in [-0.3, -0.25) is 4.79 Å². The minimum atomic E-state index is -0.240. The summed E-state index contributed by atoms with van der Waals surface area (Å²) >= 11 is 0. The third kappa shape index (κ3) is 4.66. The SMILES string of the molecule is Cc1nc(NCCc2ccccc2)cc(C(=O)Nc2ccccc2C)n1. The van der Waals surface area contributed by atoms with Crippen LogP contribution in [0.5, 0.6) is 0 Å². The summed E-state index contributed by atoms with van der Waals surface area (Å²) in [5.74, 6) is 0.976. The summed E-state index contributed by atoms with van der Waals surface area (Å²) in [7, 11) is 0. The largest absolute Gasteiger partial charge is 0.370 e. The van der Waals surface area contributed by atoms with E-state index in [4.69, 9.17) is 0 Å². The molecule has 2 N–H and O–H groups in total. The fraction of sp³-hybridized carbons (Fsp3) is 0.190. The number of benzene rings is 2. The number of aryl methyl sites for hydroxylation is 2. The molecule has 0 saturated carbocycles. The molecule has 1 heterocycles. The Bertz CT molecular complexity index is 894. The van der Waals surface area contributed by atoms with Gasteiger partial charge in [0.05, 0.1) is 0 Å². The number of hydrogen-bond acceptors (Lipinski definition) is 4. The minimum absolute atomic E-state index is 0.240. The number of amides is 1. The third-order valence-electron chi connectivity index (χ3n) is 4.03. The average molecular weight is 346 g/mol. The number of carbonyl (C=O) groups excluding carboxylic acids is 1. The lowest BCUT2D eigenvalue weighted by Gasteiger charge is -2.10. The van der Waals surface area contributed by atoms with Gasteiger partial charge in [-0.05, 0) is 37.5 Å². The Balaban J connectivity index is 1.67. The van der Waals surface area contributed by atoms with Gasteiger partial charge in [0.25, 0.3) is 5.91 Å². The number of hydrogen-bond donors (Lipinski definition) is 2. The second-order valence-corrected chi connectivity index (χ2v) is 6.12.